The summed E-state index contributed by atoms with van der Waals surface area (Å²) in [6.45, 7) is 0. The van der Waals surface area contributed by atoms with Gasteiger partial charge in [-0.05, 0) is 60.5 Å². The molecule has 1 atom stereocenters. The van der Waals surface area contributed by atoms with E-state index in [0.717, 1.165) is 16.9 Å². The topological polar surface area (TPSA) is 135 Å². The highest BCUT2D eigenvalue weighted by molar-refractivity contribution is 7.89. The van der Waals surface area contributed by atoms with Crippen LogP contribution in [0.15, 0.2) is 90.0 Å². The molecule has 0 aliphatic rings. The zero-order valence-corrected chi connectivity index (χ0v) is 19.5. The first-order chi connectivity index (χ1) is 16.9. The summed E-state index contributed by atoms with van der Waals surface area (Å²) in [6, 6.07) is 21.0. The molecule has 0 spiro atoms. The van der Waals surface area contributed by atoms with E-state index in [4.69, 9.17) is 9.94 Å². The molecule has 0 aliphatic carbocycles. The van der Waals surface area contributed by atoms with Crippen LogP contribution in [-0.2, 0) is 21.2 Å². The van der Waals surface area contributed by atoms with E-state index in [1.807, 2.05) is 30.3 Å². The van der Waals surface area contributed by atoms with Crippen LogP contribution in [0.3, 0.4) is 0 Å². The highest BCUT2D eigenvalue weighted by Crippen LogP contribution is 2.21. The summed E-state index contributed by atoms with van der Waals surface area (Å²) in [5, 5.41) is 17.4. The summed E-state index contributed by atoms with van der Waals surface area (Å²) in [7, 11) is -2.46. The van der Waals surface area contributed by atoms with Gasteiger partial charge in [0, 0.05) is 5.56 Å². The molecule has 4 rings (SSSR count). The largest absolute Gasteiger partial charge is 0.497 e. The van der Waals surface area contributed by atoms with Gasteiger partial charge in [-0.1, -0.05) is 35.5 Å². The number of nitrogens with zero attached hydrogens (tertiary/aromatic N) is 3. The Morgan fingerprint density at radius 1 is 1.03 bits per heavy atom. The van der Waals surface area contributed by atoms with Crippen molar-refractivity contribution in [3.05, 3.63) is 90.6 Å². The van der Waals surface area contributed by atoms with Crippen molar-refractivity contribution in [1.29, 1.82) is 0 Å². The highest BCUT2D eigenvalue weighted by Gasteiger charge is 2.26. The van der Waals surface area contributed by atoms with Gasteiger partial charge in [0.1, 0.15) is 17.5 Å². The minimum atomic E-state index is -4.06. The number of methoxy groups -OCH3 is 1. The number of aromatic nitrogens is 3. The van der Waals surface area contributed by atoms with Gasteiger partial charge in [0.2, 0.25) is 10.0 Å². The second-order valence-electron chi connectivity index (χ2n) is 7.61. The summed E-state index contributed by atoms with van der Waals surface area (Å²) in [5.41, 5.74) is 4.35. The second kappa shape index (κ2) is 10.5. The molecule has 11 heteroatoms. The first kappa shape index (κ1) is 24.1. The fourth-order valence-corrected chi connectivity index (χ4v) is 4.63. The molecular weight excluding hydrogens is 470 g/mol. The number of rotatable bonds is 9. The number of hydroxylamine groups is 1. The third kappa shape index (κ3) is 5.72. The van der Waals surface area contributed by atoms with Crippen LogP contribution < -0.4 is 14.9 Å². The number of sulfonamides is 1. The van der Waals surface area contributed by atoms with E-state index >= 15 is 0 Å². The third-order valence-electron chi connectivity index (χ3n) is 5.30. The van der Waals surface area contributed by atoms with Gasteiger partial charge in [-0.25, -0.2) is 18.6 Å². The Labute approximate surface area is 202 Å². The molecule has 3 aromatic carbocycles. The first-order valence-electron chi connectivity index (χ1n) is 10.6. The molecule has 4 aromatic rings. The molecule has 0 aliphatic heterocycles. The van der Waals surface area contributed by atoms with Crippen LogP contribution in [0.4, 0.5) is 0 Å². The van der Waals surface area contributed by atoms with Crippen molar-refractivity contribution in [1.82, 2.24) is 25.2 Å². The second-order valence-corrected chi connectivity index (χ2v) is 9.32. The molecule has 1 aromatic heterocycles. The molecule has 3 N–H and O–H groups in total. The van der Waals surface area contributed by atoms with Crippen LogP contribution in [0.2, 0.25) is 0 Å². The maximum absolute atomic E-state index is 12.9. The van der Waals surface area contributed by atoms with Crippen LogP contribution in [0, 0.1) is 0 Å². The van der Waals surface area contributed by atoms with Crippen LogP contribution in [-0.4, -0.2) is 47.7 Å². The summed E-state index contributed by atoms with van der Waals surface area (Å²) < 4.78 is 34.9. The molecule has 0 radical (unpaired) electrons. The number of ether oxygens (including phenoxy) is 1. The van der Waals surface area contributed by atoms with E-state index in [1.54, 1.807) is 49.7 Å². The maximum Gasteiger partial charge on any atom is 0.261 e. The Kier molecular flexibility index (Phi) is 7.20. The molecular formula is C24H23N5O5S. The zero-order valence-electron chi connectivity index (χ0n) is 18.7. The number of amides is 1. The molecule has 180 valence electrons. The van der Waals surface area contributed by atoms with Crippen molar-refractivity contribution in [2.75, 3.05) is 7.11 Å². The SMILES string of the molecule is COc1ccc(-c2cn(-c3ccc(S(=O)(=O)NC(Cc4ccccc4)C(=O)NO)cc3)nn2)cc1. The van der Waals surface area contributed by atoms with E-state index < -0.39 is 22.0 Å². The van der Waals surface area contributed by atoms with E-state index in [1.165, 1.54) is 22.3 Å². The Bertz CT molecular complexity index is 1390. The lowest BCUT2D eigenvalue weighted by molar-refractivity contribution is -0.130. The average molecular weight is 494 g/mol. The predicted molar refractivity (Wildman–Crippen MR) is 128 cm³/mol. The quantitative estimate of drug-likeness (QED) is 0.241. The Balaban J connectivity index is 1.51. The summed E-state index contributed by atoms with van der Waals surface area (Å²) in [4.78, 5) is 12.1. The van der Waals surface area contributed by atoms with E-state index in [9.17, 15) is 13.2 Å². The summed E-state index contributed by atoms with van der Waals surface area (Å²) >= 11 is 0. The normalized spacial score (nSPS) is 12.2. The molecule has 35 heavy (non-hydrogen) atoms. The van der Waals surface area contributed by atoms with Crippen molar-refractivity contribution in [3.63, 3.8) is 0 Å². The van der Waals surface area contributed by atoms with Crippen molar-refractivity contribution in [2.24, 2.45) is 0 Å². The van der Waals surface area contributed by atoms with Crippen molar-refractivity contribution >= 4 is 15.9 Å². The lowest BCUT2D eigenvalue weighted by atomic mass is 10.1. The van der Waals surface area contributed by atoms with Gasteiger partial charge in [0.25, 0.3) is 5.91 Å². The molecule has 0 saturated heterocycles. The third-order valence-corrected chi connectivity index (χ3v) is 6.79. The Morgan fingerprint density at radius 3 is 2.34 bits per heavy atom. The Hall–Kier alpha value is -4.06. The number of benzene rings is 3. The predicted octanol–water partition coefficient (Wildman–Crippen LogP) is 2.34. The molecule has 0 saturated carbocycles. The van der Waals surface area contributed by atoms with Gasteiger partial charge in [0.05, 0.1) is 23.9 Å². The van der Waals surface area contributed by atoms with Gasteiger partial charge in [-0.3, -0.25) is 10.0 Å². The lowest BCUT2D eigenvalue weighted by Crippen LogP contribution is -2.47. The monoisotopic (exact) mass is 493 g/mol. The van der Waals surface area contributed by atoms with Gasteiger partial charge >= 0.3 is 0 Å². The number of nitrogens with one attached hydrogen (secondary N) is 2. The van der Waals surface area contributed by atoms with E-state index in [0.29, 0.717) is 11.4 Å². The first-order valence-corrected chi connectivity index (χ1v) is 12.1. The lowest BCUT2D eigenvalue weighted by Gasteiger charge is -2.17. The number of hydrogen-bond donors (Lipinski definition) is 3. The molecule has 0 fully saturated rings. The standard InChI is InChI=1S/C24H23N5O5S/c1-34-20-11-7-18(8-12-20)23-16-29(28-25-23)19-9-13-21(14-10-19)35(32,33)27-22(24(30)26-31)15-17-5-3-2-4-6-17/h2-14,16,22,27,31H,15H2,1H3,(H,26,30). The molecule has 10 nitrogen and oxygen atoms in total. The van der Waals surface area contributed by atoms with Crippen LogP contribution in [0.25, 0.3) is 16.9 Å². The molecule has 1 heterocycles. The smallest absolute Gasteiger partial charge is 0.261 e. The van der Waals surface area contributed by atoms with E-state index in [-0.39, 0.29) is 11.3 Å². The summed E-state index contributed by atoms with van der Waals surface area (Å²) in [6.07, 6.45) is 1.79. The minimum Gasteiger partial charge on any atom is -0.497 e. The summed E-state index contributed by atoms with van der Waals surface area (Å²) in [5.74, 6) is -0.128. The van der Waals surface area contributed by atoms with Gasteiger partial charge < -0.3 is 4.74 Å². The molecule has 1 unspecified atom stereocenters. The number of carbonyl (C=O) groups excluding carboxylic acids is 1. The fraction of sp³-hybridized carbons (Fsp3) is 0.125. The average Bonchev–Trinajstić information content (AvgIpc) is 3.39. The van der Waals surface area contributed by atoms with E-state index in [2.05, 4.69) is 15.0 Å². The van der Waals surface area contributed by atoms with Gasteiger partial charge in [-0.2, -0.15) is 4.72 Å². The molecule has 1 amide bonds. The van der Waals surface area contributed by atoms with Crippen molar-refractivity contribution in [3.8, 4) is 22.7 Å². The van der Waals surface area contributed by atoms with Gasteiger partial charge in [0.15, 0.2) is 0 Å². The van der Waals surface area contributed by atoms with Crippen LogP contribution in [0.1, 0.15) is 5.56 Å². The number of carbonyl (C=O) groups is 1. The van der Waals surface area contributed by atoms with Gasteiger partial charge in [-0.15, -0.1) is 5.10 Å². The highest BCUT2D eigenvalue weighted by atomic mass is 32.2. The van der Waals surface area contributed by atoms with Crippen LogP contribution >= 0.6 is 0 Å². The molecule has 0 bridgehead atoms. The van der Waals surface area contributed by atoms with Crippen LogP contribution in [0.5, 0.6) is 5.75 Å². The van der Waals surface area contributed by atoms with Crippen molar-refractivity contribution < 1.29 is 23.2 Å². The van der Waals surface area contributed by atoms with Crippen molar-refractivity contribution in [2.45, 2.75) is 17.4 Å². The maximum atomic E-state index is 12.9. The fourth-order valence-electron chi connectivity index (χ4n) is 3.43. The number of hydrogen-bond acceptors (Lipinski definition) is 7. The minimum absolute atomic E-state index is 0.0412. The Morgan fingerprint density at radius 2 is 1.71 bits per heavy atom. The zero-order chi connectivity index (χ0) is 24.8.